The Kier molecular flexibility index (Phi) is 5.84. The molecule has 0 N–H and O–H groups in total. The smallest absolute Gasteiger partial charge is 0.200 e. The van der Waals surface area contributed by atoms with E-state index >= 15 is 0 Å². The number of sulfonamides is 1. The van der Waals surface area contributed by atoms with Gasteiger partial charge in [-0.15, -0.1) is 0 Å². The van der Waals surface area contributed by atoms with Crippen molar-refractivity contribution in [1.29, 1.82) is 0 Å². The second-order valence-corrected chi connectivity index (χ2v) is 7.10. The first-order valence-electron chi connectivity index (χ1n) is 7.71. The van der Waals surface area contributed by atoms with E-state index in [4.69, 9.17) is 0 Å². The number of benzene rings is 2. The van der Waals surface area contributed by atoms with Crippen LogP contribution in [0, 0.1) is 18.9 Å². The molecule has 0 saturated heterocycles. The number of hydrogen-bond donors (Lipinski definition) is 0. The van der Waals surface area contributed by atoms with Crippen LogP contribution in [-0.4, -0.2) is 8.42 Å². The molecule has 120 valence electrons. The van der Waals surface area contributed by atoms with Crippen LogP contribution in [0.15, 0.2) is 59.5 Å². The minimum Gasteiger partial charge on any atom is -0.200 e. The van der Waals surface area contributed by atoms with Gasteiger partial charge in [-0.3, -0.25) is 0 Å². The van der Waals surface area contributed by atoms with Crippen molar-refractivity contribution in [3.63, 3.8) is 0 Å². The van der Waals surface area contributed by atoms with Gasteiger partial charge >= 0.3 is 0 Å². The second kappa shape index (κ2) is 7.85. The fourth-order valence-corrected chi connectivity index (χ4v) is 3.31. The zero-order valence-corrected chi connectivity index (χ0v) is 14.3. The third-order valence-corrected chi connectivity index (χ3v) is 5.04. The van der Waals surface area contributed by atoms with E-state index in [1.54, 1.807) is 48.5 Å². The molecule has 0 aliphatic carbocycles. The van der Waals surface area contributed by atoms with Crippen molar-refractivity contribution in [3.05, 3.63) is 60.2 Å². The van der Waals surface area contributed by atoms with Crippen LogP contribution in [0.1, 0.15) is 31.7 Å². The average molecular weight is 327 g/mol. The van der Waals surface area contributed by atoms with Crippen molar-refractivity contribution < 1.29 is 8.42 Å². The summed E-state index contributed by atoms with van der Waals surface area (Å²) in [5.74, 6) is 2.97. The van der Waals surface area contributed by atoms with Gasteiger partial charge in [0.25, 0.3) is 10.0 Å². The van der Waals surface area contributed by atoms with Crippen molar-refractivity contribution in [3.8, 4) is 12.0 Å². The number of nitrogens with zero attached hydrogens (tertiary/aromatic N) is 1. The Hall–Kier alpha value is -2.25. The lowest BCUT2D eigenvalue weighted by Gasteiger charge is -2.18. The molecule has 0 radical (unpaired) electrons. The van der Waals surface area contributed by atoms with Crippen molar-refractivity contribution in [2.75, 3.05) is 4.31 Å². The molecule has 0 amide bonds. The lowest BCUT2D eigenvalue weighted by molar-refractivity contribution is 0.596. The third-order valence-electron chi connectivity index (χ3n) is 3.39. The highest BCUT2D eigenvalue weighted by Gasteiger charge is 2.23. The van der Waals surface area contributed by atoms with E-state index in [0.29, 0.717) is 12.1 Å². The highest BCUT2D eigenvalue weighted by molar-refractivity contribution is 7.93. The van der Waals surface area contributed by atoms with Gasteiger partial charge in [-0.05, 0) is 37.6 Å². The number of para-hydroxylation sites is 1. The van der Waals surface area contributed by atoms with Crippen LogP contribution in [0.3, 0.4) is 0 Å². The van der Waals surface area contributed by atoms with Crippen molar-refractivity contribution >= 4 is 15.7 Å². The van der Waals surface area contributed by atoms with Gasteiger partial charge in [0.15, 0.2) is 0 Å². The molecule has 3 nitrogen and oxygen atoms in total. The fraction of sp³-hybridized carbons (Fsp3) is 0.263. The van der Waals surface area contributed by atoms with Gasteiger partial charge < -0.3 is 0 Å². The second-order valence-electron chi connectivity index (χ2n) is 5.31. The first-order chi connectivity index (χ1) is 11.1. The largest absolute Gasteiger partial charge is 0.275 e. The maximum atomic E-state index is 12.9. The van der Waals surface area contributed by atoms with Crippen molar-refractivity contribution in [2.45, 2.75) is 38.0 Å². The van der Waals surface area contributed by atoms with Crippen molar-refractivity contribution in [1.82, 2.24) is 0 Å². The molecule has 2 aromatic rings. The number of aryl methyl sites for hydroxylation is 1. The van der Waals surface area contributed by atoms with E-state index < -0.39 is 10.0 Å². The highest BCUT2D eigenvalue weighted by Crippen LogP contribution is 2.23. The standard InChI is InChI=1S/C19H21NO2S/c1-3-4-5-9-16-20(18-10-7-6-8-11-18)23(21,22)19-14-12-17(2)13-15-19/h6-8,10-15H,3-5H2,1-2H3. The molecule has 0 aromatic heterocycles. The summed E-state index contributed by atoms with van der Waals surface area (Å²) in [6.45, 7) is 4.01. The molecule has 4 heteroatoms. The summed E-state index contributed by atoms with van der Waals surface area (Å²) in [5.41, 5.74) is 1.57. The van der Waals surface area contributed by atoms with Crippen molar-refractivity contribution in [2.24, 2.45) is 0 Å². The average Bonchev–Trinajstić information content (AvgIpc) is 2.56. The van der Waals surface area contributed by atoms with Crippen LogP contribution >= 0.6 is 0 Å². The Morgan fingerprint density at radius 3 is 2.26 bits per heavy atom. The maximum Gasteiger partial charge on any atom is 0.275 e. The SMILES string of the molecule is CCCCC#CN(c1ccccc1)S(=O)(=O)c1ccc(C)cc1. The molecule has 0 fully saturated rings. The monoisotopic (exact) mass is 327 g/mol. The predicted octanol–water partition coefficient (Wildman–Crippen LogP) is 4.34. The number of anilines is 1. The molecule has 2 aromatic carbocycles. The fourth-order valence-electron chi connectivity index (χ4n) is 2.04. The Balaban J connectivity index is 2.43. The number of rotatable bonds is 5. The molecule has 0 atom stereocenters. The number of unbranched alkanes of at least 4 members (excludes halogenated alkanes) is 2. The summed E-state index contributed by atoms with van der Waals surface area (Å²) < 4.78 is 27.0. The Morgan fingerprint density at radius 1 is 1.00 bits per heavy atom. The van der Waals surface area contributed by atoms with Gasteiger partial charge in [-0.1, -0.05) is 55.2 Å². The molecule has 2 rings (SSSR count). The van der Waals surface area contributed by atoms with Gasteiger partial charge in [-0.2, -0.15) is 4.31 Å². The first kappa shape index (κ1) is 17.1. The van der Waals surface area contributed by atoms with E-state index in [2.05, 4.69) is 18.9 Å². The summed E-state index contributed by atoms with van der Waals surface area (Å²) in [5, 5.41) is 0. The third kappa shape index (κ3) is 4.37. The van der Waals surface area contributed by atoms with Crippen LogP contribution < -0.4 is 4.31 Å². The molecule has 23 heavy (non-hydrogen) atoms. The summed E-state index contributed by atoms with van der Waals surface area (Å²) >= 11 is 0. The molecule has 0 heterocycles. The lowest BCUT2D eigenvalue weighted by Crippen LogP contribution is -2.26. The van der Waals surface area contributed by atoms with E-state index in [1.807, 2.05) is 13.0 Å². The molecular formula is C19H21NO2S. The van der Waals surface area contributed by atoms with Gasteiger partial charge in [0.2, 0.25) is 0 Å². The normalized spacial score (nSPS) is 10.7. The van der Waals surface area contributed by atoms with Crippen LogP contribution in [0.25, 0.3) is 0 Å². The minimum atomic E-state index is -3.70. The van der Waals surface area contributed by atoms with Crippen LogP contribution in [0.5, 0.6) is 0 Å². The molecule has 0 aliphatic rings. The highest BCUT2D eigenvalue weighted by atomic mass is 32.2. The topological polar surface area (TPSA) is 37.4 Å². The molecule has 0 unspecified atom stereocenters. The molecular weight excluding hydrogens is 306 g/mol. The van der Waals surface area contributed by atoms with Crippen LogP contribution in [0.2, 0.25) is 0 Å². The summed E-state index contributed by atoms with van der Waals surface area (Å²) in [4.78, 5) is 0.247. The maximum absolute atomic E-state index is 12.9. The van der Waals surface area contributed by atoms with Crippen LogP contribution in [0.4, 0.5) is 5.69 Å². The molecule has 0 aliphatic heterocycles. The Morgan fingerprint density at radius 2 is 1.65 bits per heavy atom. The predicted molar refractivity (Wildman–Crippen MR) is 94.6 cm³/mol. The molecule has 0 saturated carbocycles. The van der Waals surface area contributed by atoms with Gasteiger partial charge in [-0.25, -0.2) is 8.42 Å². The van der Waals surface area contributed by atoms with Gasteiger partial charge in [0, 0.05) is 12.5 Å². The lowest BCUT2D eigenvalue weighted by atomic mass is 10.2. The zero-order valence-electron chi connectivity index (χ0n) is 13.5. The van der Waals surface area contributed by atoms with Crippen LogP contribution in [-0.2, 0) is 10.0 Å². The summed E-state index contributed by atoms with van der Waals surface area (Å²) in [6.07, 6.45) is 2.67. The Labute approximate surface area is 139 Å². The minimum absolute atomic E-state index is 0.247. The molecule has 0 bridgehead atoms. The van der Waals surface area contributed by atoms with Gasteiger partial charge in [0.1, 0.15) is 0 Å². The van der Waals surface area contributed by atoms with E-state index in [-0.39, 0.29) is 4.90 Å². The first-order valence-corrected chi connectivity index (χ1v) is 9.15. The Bertz CT molecular complexity index is 785. The van der Waals surface area contributed by atoms with E-state index in [9.17, 15) is 8.42 Å². The van der Waals surface area contributed by atoms with E-state index in [0.717, 1.165) is 18.4 Å². The summed E-state index contributed by atoms with van der Waals surface area (Å²) in [6, 6.07) is 18.6. The summed E-state index contributed by atoms with van der Waals surface area (Å²) in [7, 11) is -3.70. The van der Waals surface area contributed by atoms with E-state index in [1.165, 1.54) is 4.31 Å². The number of hydrogen-bond acceptors (Lipinski definition) is 2. The molecule has 0 spiro atoms. The zero-order chi connectivity index (χ0) is 16.7. The quantitative estimate of drug-likeness (QED) is 0.465. The van der Waals surface area contributed by atoms with Gasteiger partial charge in [0.05, 0.1) is 10.6 Å².